The van der Waals surface area contributed by atoms with Gasteiger partial charge in [0.15, 0.2) is 0 Å². The average molecular weight is 417 g/mol. The van der Waals surface area contributed by atoms with Gasteiger partial charge in [-0.2, -0.15) is 5.10 Å². The fourth-order valence-corrected chi connectivity index (χ4v) is 4.72. The van der Waals surface area contributed by atoms with Crippen molar-refractivity contribution in [2.75, 3.05) is 26.2 Å². The van der Waals surface area contributed by atoms with E-state index in [1.54, 1.807) is 4.68 Å². The molecule has 0 aliphatic carbocycles. The maximum atomic E-state index is 12.6. The summed E-state index contributed by atoms with van der Waals surface area (Å²) in [4.78, 5) is 15.2. The third-order valence-corrected chi connectivity index (χ3v) is 5.98. The minimum Gasteiger partial charge on any atom is -0.352 e. The summed E-state index contributed by atoms with van der Waals surface area (Å²) in [5.74, 6) is 1.44. The number of hydrogen-bond donors (Lipinski definition) is 1. The lowest BCUT2D eigenvalue weighted by Gasteiger charge is -2.34. The lowest BCUT2D eigenvalue weighted by Crippen LogP contribution is -2.39. The van der Waals surface area contributed by atoms with Crippen LogP contribution in [0.15, 0.2) is 30.3 Å². The summed E-state index contributed by atoms with van der Waals surface area (Å²) in [6, 6.07) is 10.00. The summed E-state index contributed by atoms with van der Waals surface area (Å²) in [5.41, 5.74) is 2.26. The second-order valence-electron chi connectivity index (χ2n) is 8.56. The number of hydrogen-bond acceptors (Lipinski definition) is 3. The predicted molar refractivity (Wildman–Crippen MR) is 118 cm³/mol. The number of carbonyl (C=O) groups excluding carboxylic acids is 1. The zero-order valence-electron chi connectivity index (χ0n) is 17.8. The zero-order chi connectivity index (χ0) is 20.8. The van der Waals surface area contributed by atoms with Gasteiger partial charge in [0.25, 0.3) is 5.91 Å². The summed E-state index contributed by atoms with van der Waals surface area (Å²) in [7, 11) is 0. The van der Waals surface area contributed by atoms with Gasteiger partial charge in [0.05, 0.1) is 17.8 Å². The molecule has 6 heteroatoms. The van der Waals surface area contributed by atoms with Crippen LogP contribution < -0.4 is 5.32 Å². The molecule has 1 amide bonds. The Morgan fingerprint density at radius 1 is 1.17 bits per heavy atom. The van der Waals surface area contributed by atoms with Crippen LogP contribution in [-0.2, 0) is 6.54 Å². The van der Waals surface area contributed by atoms with Gasteiger partial charge >= 0.3 is 0 Å². The Morgan fingerprint density at radius 2 is 1.86 bits per heavy atom. The fraction of sp³-hybridized carbons (Fsp3) is 0.565. The fourth-order valence-electron chi connectivity index (χ4n) is 4.40. The minimum atomic E-state index is -0.132. The lowest BCUT2D eigenvalue weighted by atomic mass is 9.92. The van der Waals surface area contributed by atoms with E-state index in [0.717, 1.165) is 36.8 Å². The van der Waals surface area contributed by atoms with Gasteiger partial charge in [-0.05, 0) is 50.1 Å². The first-order valence-corrected chi connectivity index (χ1v) is 11.1. The van der Waals surface area contributed by atoms with Gasteiger partial charge in [-0.15, -0.1) is 0 Å². The van der Waals surface area contributed by atoms with Crippen molar-refractivity contribution in [2.24, 2.45) is 11.8 Å². The summed E-state index contributed by atoms with van der Waals surface area (Å²) < 4.78 is 1.69. The highest BCUT2D eigenvalue weighted by Gasteiger charge is 2.22. The molecule has 2 aromatic rings. The number of carbonyl (C=O) groups is 1. The molecule has 1 aliphatic rings. The third kappa shape index (κ3) is 6.06. The van der Waals surface area contributed by atoms with Crippen molar-refractivity contribution in [3.05, 3.63) is 52.3 Å². The van der Waals surface area contributed by atoms with Crippen molar-refractivity contribution < 1.29 is 4.79 Å². The number of nitrogens with one attached hydrogen (secondary N) is 1. The second kappa shape index (κ2) is 10.3. The van der Waals surface area contributed by atoms with Crippen LogP contribution in [0.4, 0.5) is 0 Å². The quantitative estimate of drug-likeness (QED) is 0.649. The van der Waals surface area contributed by atoms with Crippen LogP contribution in [0.5, 0.6) is 0 Å². The third-order valence-electron chi connectivity index (χ3n) is 5.60. The van der Waals surface area contributed by atoms with Crippen molar-refractivity contribution in [1.82, 2.24) is 20.0 Å². The number of halogens is 1. The molecule has 1 saturated heterocycles. The number of rotatable bonds is 8. The van der Waals surface area contributed by atoms with Gasteiger partial charge in [0.1, 0.15) is 5.15 Å². The molecule has 1 fully saturated rings. The Morgan fingerprint density at radius 3 is 2.55 bits per heavy atom. The molecule has 0 spiro atoms. The molecule has 1 aliphatic heterocycles. The molecule has 29 heavy (non-hydrogen) atoms. The number of likely N-dealkylation sites (tertiary alicyclic amines) is 1. The molecular formula is C23H33ClN4O. The van der Waals surface area contributed by atoms with Crippen molar-refractivity contribution >= 4 is 17.5 Å². The smallest absolute Gasteiger partial charge is 0.256 e. The summed E-state index contributed by atoms with van der Waals surface area (Å²) >= 11 is 6.48. The van der Waals surface area contributed by atoms with E-state index in [2.05, 4.69) is 29.2 Å². The molecule has 5 nitrogen and oxygen atoms in total. The molecule has 158 valence electrons. The van der Waals surface area contributed by atoms with E-state index in [-0.39, 0.29) is 5.91 Å². The van der Waals surface area contributed by atoms with Crippen molar-refractivity contribution in [2.45, 2.75) is 46.6 Å². The van der Waals surface area contributed by atoms with Crippen LogP contribution in [0, 0.1) is 18.8 Å². The first-order valence-electron chi connectivity index (χ1n) is 10.7. The van der Waals surface area contributed by atoms with Crippen LogP contribution in [0.25, 0.3) is 0 Å². The van der Waals surface area contributed by atoms with Crippen LogP contribution in [0.2, 0.25) is 5.15 Å². The van der Waals surface area contributed by atoms with Gasteiger partial charge in [0, 0.05) is 19.6 Å². The summed E-state index contributed by atoms with van der Waals surface area (Å²) in [6.45, 7) is 11.2. The number of benzene rings is 1. The molecule has 1 aromatic heterocycles. The van der Waals surface area contributed by atoms with Gasteiger partial charge in [0.2, 0.25) is 0 Å². The Kier molecular flexibility index (Phi) is 7.73. The van der Waals surface area contributed by atoms with Crippen LogP contribution in [-0.4, -0.2) is 46.8 Å². The SMILES string of the molecule is Cc1nn(Cc2ccccc2)c(Cl)c1C(=O)NCCCCN1CC(C)CC(C)C1. The normalized spacial score (nSPS) is 20.0. The Bertz CT molecular complexity index is 795. The minimum absolute atomic E-state index is 0.132. The van der Waals surface area contributed by atoms with Gasteiger partial charge in [-0.3, -0.25) is 4.79 Å². The molecular weight excluding hydrogens is 384 g/mol. The maximum Gasteiger partial charge on any atom is 0.256 e. The zero-order valence-corrected chi connectivity index (χ0v) is 18.6. The van der Waals surface area contributed by atoms with E-state index in [4.69, 9.17) is 11.6 Å². The average Bonchev–Trinajstić information content (AvgIpc) is 2.94. The van der Waals surface area contributed by atoms with Crippen molar-refractivity contribution in [1.29, 1.82) is 0 Å². The first kappa shape index (κ1) is 21.8. The molecule has 3 rings (SSSR count). The monoisotopic (exact) mass is 416 g/mol. The van der Waals surface area contributed by atoms with E-state index in [0.29, 0.717) is 29.5 Å². The molecule has 1 N–H and O–H groups in total. The largest absolute Gasteiger partial charge is 0.352 e. The molecule has 1 aromatic carbocycles. The predicted octanol–water partition coefficient (Wildman–Crippen LogP) is 4.38. The summed E-state index contributed by atoms with van der Waals surface area (Å²) in [5, 5.41) is 7.88. The van der Waals surface area contributed by atoms with Crippen molar-refractivity contribution in [3.8, 4) is 0 Å². The van der Waals surface area contributed by atoms with E-state index in [1.165, 1.54) is 19.5 Å². The molecule has 0 radical (unpaired) electrons. The maximum absolute atomic E-state index is 12.6. The van der Waals surface area contributed by atoms with Gasteiger partial charge < -0.3 is 10.2 Å². The molecule has 2 heterocycles. The number of unbranched alkanes of at least 4 members (excludes halogenated alkanes) is 1. The van der Waals surface area contributed by atoms with Gasteiger partial charge in [-0.1, -0.05) is 55.8 Å². The highest BCUT2D eigenvalue weighted by Crippen LogP contribution is 2.22. The van der Waals surface area contributed by atoms with E-state index in [1.807, 2.05) is 37.3 Å². The summed E-state index contributed by atoms with van der Waals surface area (Å²) in [6.07, 6.45) is 3.41. The van der Waals surface area contributed by atoms with Crippen LogP contribution in [0.3, 0.4) is 0 Å². The standard InChI is InChI=1S/C23H33ClN4O/c1-17-13-18(2)15-27(14-17)12-8-7-11-25-23(29)21-19(3)26-28(22(21)24)16-20-9-5-4-6-10-20/h4-6,9-10,17-18H,7-8,11-16H2,1-3H3,(H,25,29). The molecule has 2 atom stereocenters. The number of piperidine rings is 1. The van der Waals surface area contributed by atoms with E-state index >= 15 is 0 Å². The van der Waals surface area contributed by atoms with Crippen LogP contribution >= 0.6 is 11.6 Å². The molecule has 2 unspecified atom stereocenters. The van der Waals surface area contributed by atoms with E-state index in [9.17, 15) is 4.79 Å². The second-order valence-corrected chi connectivity index (χ2v) is 8.92. The lowest BCUT2D eigenvalue weighted by molar-refractivity contribution is 0.0951. The molecule has 0 bridgehead atoms. The number of aromatic nitrogens is 2. The molecule has 0 saturated carbocycles. The van der Waals surface area contributed by atoms with E-state index < -0.39 is 0 Å². The highest BCUT2D eigenvalue weighted by molar-refractivity contribution is 6.33. The topological polar surface area (TPSA) is 50.2 Å². The highest BCUT2D eigenvalue weighted by atomic mass is 35.5. The Hall–Kier alpha value is -1.85. The van der Waals surface area contributed by atoms with Crippen molar-refractivity contribution in [3.63, 3.8) is 0 Å². The Balaban J connectivity index is 1.46. The number of nitrogens with zero attached hydrogens (tertiary/aromatic N) is 3. The Labute approximate surface area is 179 Å². The van der Waals surface area contributed by atoms with Gasteiger partial charge in [-0.25, -0.2) is 4.68 Å². The van der Waals surface area contributed by atoms with Crippen LogP contribution in [0.1, 0.15) is 54.7 Å². The number of amides is 1. The number of aryl methyl sites for hydroxylation is 1. The first-order chi connectivity index (χ1) is 13.9.